The average molecular weight is 217 g/mol. The van der Waals surface area contributed by atoms with E-state index in [0.29, 0.717) is 12.5 Å². The quantitative estimate of drug-likeness (QED) is 0.300. The summed E-state index contributed by atoms with van der Waals surface area (Å²) >= 11 is 0. The first-order valence-corrected chi connectivity index (χ1v) is 5.50. The Bertz CT molecular complexity index is 176. The third kappa shape index (κ3) is 6.43. The third-order valence-electron chi connectivity index (χ3n) is 2.58. The van der Waals surface area contributed by atoms with Gasteiger partial charge in [0.15, 0.2) is 0 Å². The lowest BCUT2D eigenvalue weighted by atomic mass is 10.1. The summed E-state index contributed by atoms with van der Waals surface area (Å²) < 4.78 is 0. The van der Waals surface area contributed by atoms with Gasteiger partial charge < -0.3 is 10.0 Å². The number of nitrogens with zero attached hydrogens (tertiary/aromatic N) is 1. The summed E-state index contributed by atoms with van der Waals surface area (Å²) in [6, 6.07) is 0.346. The molecule has 0 aliphatic heterocycles. The number of hydrogen-bond acceptors (Lipinski definition) is 4. The van der Waals surface area contributed by atoms with Gasteiger partial charge >= 0.3 is 0 Å². The zero-order valence-electron chi connectivity index (χ0n) is 9.70. The molecule has 5 heteroatoms. The molecule has 0 aliphatic carbocycles. The van der Waals surface area contributed by atoms with Crippen molar-refractivity contribution in [2.45, 2.75) is 39.2 Å². The second-order valence-electron chi connectivity index (χ2n) is 3.66. The molecule has 0 spiro atoms. The number of hydrazine groups is 1. The van der Waals surface area contributed by atoms with Crippen LogP contribution in [-0.2, 0) is 4.79 Å². The Kier molecular flexibility index (Phi) is 8.27. The third-order valence-corrected chi connectivity index (χ3v) is 2.58. The van der Waals surface area contributed by atoms with E-state index >= 15 is 0 Å². The Labute approximate surface area is 91.6 Å². The van der Waals surface area contributed by atoms with Crippen LogP contribution in [0.2, 0.25) is 0 Å². The van der Waals surface area contributed by atoms with Gasteiger partial charge in [-0.15, -0.1) is 0 Å². The maximum atomic E-state index is 10.9. The Balaban J connectivity index is 3.81. The normalized spacial score (nSPS) is 12.9. The summed E-state index contributed by atoms with van der Waals surface area (Å²) in [5, 5.41) is 8.74. The first-order chi connectivity index (χ1) is 7.15. The summed E-state index contributed by atoms with van der Waals surface area (Å²) in [7, 11) is 0. The van der Waals surface area contributed by atoms with Crippen LogP contribution >= 0.6 is 0 Å². The molecule has 0 fully saturated rings. The minimum Gasteiger partial charge on any atom is -0.396 e. The highest BCUT2D eigenvalue weighted by Crippen LogP contribution is 2.06. The number of rotatable bonds is 8. The number of hydrogen-bond donors (Lipinski definition) is 3. The standard InChI is InChI=1S/C10H23N3O2/c1-3-13(7-4-8-14)9(2)5-6-10(15)12-11/h9,14H,3-8,11H2,1-2H3,(H,12,15). The molecule has 4 N–H and O–H groups in total. The van der Waals surface area contributed by atoms with E-state index in [2.05, 4.69) is 24.2 Å². The van der Waals surface area contributed by atoms with Crippen LogP contribution in [0.25, 0.3) is 0 Å². The fourth-order valence-electron chi connectivity index (χ4n) is 1.56. The second-order valence-corrected chi connectivity index (χ2v) is 3.66. The lowest BCUT2D eigenvalue weighted by Gasteiger charge is -2.27. The number of carbonyl (C=O) groups is 1. The second kappa shape index (κ2) is 8.64. The van der Waals surface area contributed by atoms with E-state index in [1.165, 1.54) is 0 Å². The minimum atomic E-state index is -0.125. The van der Waals surface area contributed by atoms with Crippen LogP contribution < -0.4 is 11.3 Å². The van der Waals surface area contributed by atoms with E-state index in [1.807, 2.05) is 0 Å². The van der Waals surface area contributed by atoms with E-state index < -0.39 is 0 Å². The van der Waals surface area contributed by atoms with Gasteiger partial charge in [0.25, 0.3) is 0 Å². The van der Waals surface area contributed by atoms with Gasteiger partial charge in [-0.25, -0.2) is 5.84 Å². The molecule has 1 unspecified atom stereocenters. The Morgan fingerprint density at radius 1 is 1.60 bits per heavy atom. The first kappa shape index (κ1) is 14.3. The number of nitrogens with two attached hydrogens (primary N) is 1. The van der Waals surface area contributed by atoms with Crippen LogP contribution in [0, 0.1) is 0 Å². The van der Waals surface area contributed by atoms with Crippen molar-refractivity contribution in [2.75, 3.05) is 19.7 Å². The first-order valence-electron chi connectivity index (χ1n) is 5.50. The highest BCUT2D eigenvalue weighted by molar-refractivity contribution is 5.75. The summed E-state index contributed by atoms with van der Waals surface area (Å²) in [6.45, 7) is 6.19. The number of amides is 1. The van der Waals surface area contributed by atoms with Crippen LogP contribution in [0.4, 0.5) is 0 Å². The molecule has 15 heavy (non-hydrogen) atoms. The van der Waals surface area contributed by atoms with Crippen molar-refractivity contribution in [3.05, 3.63) is 0 Å². The smallest absolute Gasteiger partial charge is 0.233 e. The maximum absolute atomic E-state index is 10.9. The number of aliphatic hydroxyl groups excluding tert-OH is 1. The predicted molar refractivity (Wildman–Crippen MR) is 60.0 cm³/mol. The van der Waals surface area contributed by atoms with Crippen molar-refractivity contribution in [2.24, 2.45) is 5.84 Å². The summed E-state index contributed by atoms with van der Waals surface area (Å²) in [5.74, 6) is 4.88. The molecule has 0 aromatic rings. The molecule has 0 heterocycles. The molecule has 0 aromatic carbocycles. The molecule has 90 valence electrons. The van der Waals surface area contributed by atoms with Gasteiger partial charge in [0, 0.05) is 25.6 Å². The van der Waals surface area contributed by atoms with Crippen LogP contribution in [-0.4, -0.2) is 41.7 Å². The van der Waals surface area contributed by atoms with Gasteiger partial charge in [-0.2, -0.15) is 0 Å². The van der Waals surface area contributed by atoms with Crippen molar-refractivity contribution in [3.63, 3.8) is 0 Å². The van der Waals surface area contributed by atoms with Gasteiger partial charge in [-0.1, -0.05) is 6.92 Å². The van der Waals surface area contributed by atoms with Crippen LogP contribution in [0.1, 0.15) is 33.1 Å². The highest BCUT2D eigenvalue weighted by Gasteiger charge is 2.12. The average Bonchev–Trinajstić information content (AvgIpc) is 2.26. The number of carbonyl (C=O) groups excluding carboxylic acids is 1. The Morgan fingerprint density at radius 3 is 2.73 bits per heavy atom. The SMILES string of the molecule is CCN(CCCO)C(C)CCC(=O)NN. The van der Waals surface area contributed by atoms with E-state index in [0.717, 1.165) is 25.9 Å². The molecule has 1 atom stereocenters. The number of aliphatic hydroxyl groups is 1. The minimum absolute atomic E-state index is 0.125. The molecule has 0 bridgehead atoms. The van der Waals surface area contributed by atoms with Crippen molar-refractivity contribution >= 4 is 5.91 Å². The number of nitrogens with one attached hydrogen (secondary N) is 1. The van der Waals surface area contributed by atoms with Crippen LogP contribution in [0.3, 0.4) is 0 Å². The van der Waals surface area contributed by atoms with Gasteiger partial charge in [0.1, 0.15) is 0 Å². The maximum Gasteiger partial charge on any atom is 0.233 e. The lowest BCUT2D eigenvalue weighted by molar-refractivity contribution is -0.121. The molecule has 1 amide bonds. The van der Waals surface area contributed by atoms with Crippen LogP contribution in [0.5, 0.6) is 0 Å². The molecule has 0 aliphatic rings. The van der Waals surface area contributed by atoms with E-state index in [1.54, 1.807) is 0 Å². The predicted octanol–water partition coefficient (Wildman–Crippen LogP) is -0.151. The van der Waals surface area contributed by atoms with Crippen molar-refractivity contribution < 1.29 is 9.90 Å². The van der Waals surface area contributed by atoms with Gasteiger partial charge in [0.2, 0.25) is 5.91 Å². The molecule has 0 radical (unpaired) electrons. The molecule has 0 saturated carbocycles. The van der Waals surface area contributed by atoms with E-state index in [4.69, 9.17) is 10.9 Å². The largest absolute Gasteiger partial charge is 0.396 e. The monoisotopic (exact) mass is 217 g/mol. The fraction of sp³-hybridized carbons (Fsp3) is 0.900. The lowest BCUT2D eigenvalue weighted by Crippen LogP contribution is -2.36. The fourth-order valence-corrected chi connectivity index (χ4v) is 1.56. The molecule has 0 rings (SSSR count). The molecular weight excluding hydrogens is 194 g/mol. The topological polar surface area (TPSA) is 78.6 Å². The van der Waals surface area contributed by atoms with Crippen molar-refractivity contribution in [3.8, 4) is 0 Å². The zero-order valence-corrected chi connectivity index (χ0v) is 9.70. The molecule has 0 saturated heterocycles. The van der Waals surface area contributed by atoms with Crippen molar-refractivity contribution in [1.29, 1.82) is 0 Å². The van der Waals surface area contributed by atoms with Crippen LogP contribution in [0.15, 0.2) is 0 Å². The van der Waals surface area contributed by atoms with E-state index in [9.17, 15) is 4.79 Å². The molecular formula is C10H23N3O2. The van der Waals surface area contributed by atoms with E-state index in [-0.39, 0.29) is 12.5 Å². The summed E-state index contributed by atoms with van der Waals surface area (Å²) in [4.78, 5) is 13.2. The highest BCUT2D eigenvalue weighted by atomic mass is 16.3. The zero-order chi connectivity index (χ0) is 11.7. The molecule has 5 nitrogen and oxygen atoms in total. The van der Waals surface area contributed by atoms with Gasteiger partial charge in [-0.3, -0.25) is 10.2 Å². The van der Waals surface area contributed by atoms with Crippen molar-refractivity contribution in [1.82, 2.24) is 10.3 Å². The summed E-state index contributed by atoms with van der Waals surface area (Å²) in [5.41, 5.74) is 2.12. The van der Waals surface area contributed by atoms with Gasteiger partial charge in [0.05, 0.1) is 0 Å². The summed E-state index contributed by atoms with van der Waals surface area (Å²) in [6.07, 6.45) is 2.02. The Morgan fingerprint density at radius 2 is 2.27 bits per heavy atom. The molecule has 0 aromatic heterocycles. The van der Waals surface area contributed by atoms with Gasteiger partial charge in [-0.05, 0) is 26.3 Å². The Hall–Kier alpha value is -0.650.